The first-order valence-corrected chi connectivity index (χ1v) is 8.85. The Labute approximate surface area is 151 Å². The lowest BCUT2D eigenvalue weighted by Crippen LogP contribution is -2.36. The zero-order valence-corrected chi connectivity index (χ0v) is 14.5. The molecule has 26 heavy (non-hydrogen) atoms. The monoisotopic (exact) mass is 351 g/mol. The summed E-state index contributed by atoms with van der Waals surface area (Å²) in [6.07, 6.45) is 7.30. The van der Waals surface area contributed by atoms with Gasteiger partial charge in [-0.2, -0.15) is 15.3 Å². The molecule has 134 valence electrons. The van der Waals surface area contributed by atoms with Crippen LogP contribution in [0.2, 0.25) is 0 Å². The summed E-state index contributed by atoms with van der Waals surface area (Å²) < 4.78 is 3.24. The van der Waals surface area contributed by atoms with E-state index in [9.17, 15) is 4.79 Å². The maximum atomic E-state index is 12.2. The largest absolute Gasteiger partial charge is 0.297 e. The van der Waals surface area contributed by atoms with Gasteiger partial charge in [0.25, 0.3) is 5.56 Å². The van der Waals surface area contributed by atoms with Crippen molar-refractivity contribution in [3.05, 3.63) is 65.0 Å². The van der Waals surface area contributed by atoms with Gasteiger partial charge < -0.3 is 0 Å². The third-order valence-electron chi connectivity index (χ3n) is 4.74. The van der Waals surface area contributed by atoms with E-state index in [1.54, 1.807) is 33.9 Å². The molecule has 1 fully saturated rings. The third kappa shape index (κ3) is 3.85. The van der Waals surface area contributed by atoms with Crippen molar-refractivity contribution in [2.75, 3.05) is 13.1 Å². The summed E-state index contributed by atoms with van der Waals surface area (Å²) in [6, 6.07) is 9.02. The third-order valence-corrected chi connectivity index (χ3v) is 4.74. The van der Waals surface area contributed by atoms with Gasteiger partial charge in [-0.3, -0.25) is 9.69 Å². The molecule has 0 radical (unpaired) electrons. The Morgan fingerprint density at radius 1 is 1.08 bits per heavy atom. The van der Waals surface area contributed by atoms with Crippen molar-refractivity contribution in [2.24, 2.45) is 5.92 Å². The fraction of sp³-hybridized carbons (Fsp3) is 0.389. The molecule has 4 heterocycles. The molecule has 0 bridgehead atoms. The zero-order valence-electron chi connectivity index (χ0n) is 14.5. The second-order valence-corrected chi connectivity index (χ2v) is 6.60. The zero-order chi connectivity index (χ0) is 17.8. The van der Waals surface area contributed by atoms with Crippen LogP contribution in [0.5, 0.6) is 0 Å². The normalized spacial score (nSPS) is 16.0. The van der Waals surface area contributed by atoms with E-state index in [4.69, 9.17) is 0 Å². The van der Waals surface area contributed by atoms with E-state index >= 15 is 0 Å². The molecule has 0 amide bonds. The summed E-state index contributed by atoms with van der Waals surface area (Å²) in [6.45, 7) is 3.46. The van der Waals surface area contributed by atoms with Gasteiger partial charge in [0.15, 0.2) is 5.82 Å². The Balaban J connectivity index is 1.37. The molecule has 3 aromatic heterocycles. The van der Waals surface area contributed by atoms with Crippen LogP contribution in [-0.2, 0) is 13.1 Å². The smallest absolute Gasteiger partial charge is 0.266 e. The molecule has 0 spiro atoms. The second-order valence-electron chi connectivity index (χ2n) is 6.60. The summed E-state index contributed by atoms with van der Waals surface area (Å²) in [5, 5.41) is 16.7. The van der Waals surface area contributed by atoms with Gasteiger partial charge in [0.05, 0.1) is 5.69 Å². The van der Waals surface area contributed by atoms with Crippen molar-refractivity contribution in [2.45, 2.75) is 25.9 Å². The Morgan fingerprint density at radius 2 is 1.96 bits per heavy atom. The van der Waals surface area contributed by atoms with E-state index in [0.717, 1.165) is 38.2 Å². The molecular formula is C18H21N7O. The molecule has 0 aliphatic carbocycles. The molecule has 3 aromatic rings. The minimum absolute atomic E-state index is 0.0668. The first kappa shape index (κ1) is 16.6. The van der Waals surface area contributed by atoms with Gasteiger partial charge in [-0.25, -0.2) is 9.36 Å². The highest BCUT2D eigenvalue weighted by atomic mass is 16.1. The molecule has 1 aliphatic heterocycles. The number of hydrogen-bond donors (Lipinski definition) is 0. The molecule has 0 unspecified atom stereocenters. The summed E-state index contributed by atoms with van der Waals surface area (Å²) in [5.74, 6) is 1.11. The van der Waals surface area contributed by atoms with Crippen LogP contribution >= 0.6 is 0 Å². The quantitative estimate of drug-likeness (QED) is 0.685. The molecular weight excluding hydrogens is 330 g/mol. The van der Waals surface area contributed by atoms with Gasteiger partial charge >= 0.3 is 0 Å². The van der Waals surface area contributed by atoms with E-state index in [2.05, 4.69) is 25.3 Å². The molecule has 1 saturated heterocycles. The first-order chi connectivity index (χ1) is 12.8. The topological polar surface area (TPSA) is 81.7 Å². The molecule has 0 aromatic carbocycles. The summed E-state index contributed by atoms with van der Waals surface area (Å²) in [7, 11) is 0. The van der Waals surface area contributed by atoms with E-state index in [1.807, 2.05) is 24.4 Å². The molecule has 4 rings (SSSR count). The van der Waals surface area contributed by atoms with Crippen LogP contribution in [0.3, 0.4) is 0 Å². The Hall–Kier alpha value is -2.87. The van der Waals surface area contributed by atoms with Crippen molar-refractivity contribution in [1.29, 1.82) is 0 Å². The lowest BCUT2D eigenvalue weighted by molar-refractivity contribution is 0.161. The Kier molecular flexibility index (Phi) is 4.83. The van der Waals surface area contributed by atoms with Crippen molar-refractivity contribution < 1.29 is 0 Å². The standard InChI is InChI=1S/C18H21N7O/c26-18-5-4-17(24-10-2-9-20-24)22-25(18)13-15-6-11-23(12-7-15)14-16-3-1-8-19-21-16/h1-5,8-10,15H,6-7,11-14H2. The van der Waals surface area contributed by atoms with Gasteiger partial charge in [0, 0.05) is 37.7 Å². The van der Waals surface area contributed by atoms with Crippen LogP contribution < -0.4 is 5.56 Å². The molecule has 0 saturated carbocycles. The molecule has 8 nitrogen and oxygen atoms in total. The van der Waals surface area contributed by atoms with Crippen LogP contribution in [0.15, 0.2) is 53.7 Å². The average Bonchev–Trinajstić information content (AvgIpc) is 3.21. The van der Waals surface area contributed by atoms with Crippen LogP contribution in [0.25, 0.3) is 5.82 Å². The van der Waals surface area contributed by atoms with E-state index < -0.39 is 0 Å². The minimum atomic E-state index is -0.0668. The Morgan fingerprint density at radius 3 is 2.69 bits per heavy atom. The maximum Gasteiger partial charge on any atom is 0.266 e. The highest BCUT2D eigenvalue weighted by Crippen LogP contribution is 2.19. The predicted molar refractivity (Wildman–Crippen MR) is 95.7 cm³/mol. The number of piperidine rings is 1. The number of aromatic nitrogens is 6. The van der Waals surface area contributed by atoms with Crippen molar-refractivity contribution in [3.63, 3.8) is 0 Å². The number of likely N-dealkylation sites (tertiary alicyclic amines) is 1. The van der Waals surface area contributed by atoms with Gasteiger partial charge in [-0.05, 0) is 56.1 Å². The lowest BCUT2D eigenvalue weighted by Gasteiger charge is -2.31. The first-order valence-electron chi connectivity index (χ1n) is 8.85. The summed E-state index contributed by atoms with van der Waals surface area (Å²) >= 11 is 0. The summed E-state index contributed by atoms with van der Waals surface area (Å²) in [5.41, 5.74) is 0.929. The SMILES string of the molecule is O=c1ccc(-n2cccn2)nn1CC1CCN(Cc2cccnn2)CC1. The van der Waals surface area contributed by atoms with Gasteiger partial charge in [-0.1, -0.05) is 0 Å². The van der Waals surface area contributed by atoms with E-state index in [0.29, 0.717) is 18.3 Å². The summed E-state index contributed by atoms with van der Waals surface area (Å²) in [4.78, 5) is 14.6. The Bertz CT molecular complexity index is 883. The predicted octanol–water partition coefficient (Wildman–Crippen LogP) is 1.13. The van der Waals surface area contributed by atoms with Crippen molar-refractivity contribution in [3.8, 4) is 5.82 Å². The minimum Gasteiger partial charge on any atom is -0.297 e. The van der Waals surface area contributed by atoms with E-state index in [1.165, 1.54) is 0 Å². The second kappa shape index (κ2) is 7.57. The molecule has 1 aliphatic rings. The fourth-order valence-electron chi connectivity index (χ4n) is 3.31. The average molecular weight is 351 g/mol. The van der Waals surface area contributed by atoms with Crippen LogP contribution in [-0.4, -0.2) is 47.7 Å². The highest BCUT2D eigenvalue weighted by molar-refractivity contribution is 5.17. The van der Waals surface area contributed by atoms with Gasteiger partial charge in [-0.15, -0.1) is 5.10 Å². The lowest BCUT2D eigenvalue weighted by atomic mass is 9.96. The fourth-order valence-corrected chi connectivity index (χ4v) is 3.31. The van der Waals surface area contributed by atoms with Crippen molar-refractivity contribution >= 4 is 0 Å². The van der Waals surface area contributed by atoms with Crippen LogP contribution in [0.1, 0.15) is 18.5 Å². The van der Waals surface area contributed by atoms with Crippen LogP contribution in [0.4, 0.5) is 0 Å². The molecule has 0 atom stereocenters. The number of nitrogens with zero attached hydrogens (tertiary/aromatic N) is 7. The molecule has 0 N–H and O–H groups in total. The van der Waals surface area contributed by atoms with Crippen molar-refractivity contribution in [1.82, 2.24) is 34.7 Å². The molecule has 8 heteroatoms. The maximum absolute atomic E-state index is 12.2. The number of rotatable bonds is 5. The highest BCUT2D eigenvalue weighted by Gasteiger charge is 2.21. The van der Waals surface area contributed by atoms with Gasteiger partial charge in [0.1, 0.15) is 0 Å². The van der Waals surface area contributed by atoms with E-state index in [-0.39, 0.29) is 5.56 Å². The number of hydrogen-bond acceptors (Lipinski definition) is 6. The van der Waals surface area contributed by atoms with Gasteiger partial charge in [0.2, 0.25) is 0 Å². The van der Waals surface area contributed by atoms with Crippen LogP contribution in [0, 0.1) is 5.92 Å².